The summed E-state index contributed by atoms with van der Waals surface area (Å²) in [5, 5.41) is 21.4. The second kappa shape index (κ2) is 9.26. The van der Waals surface area contributed by atoms with Gasteiger partial charge in [-0.3, -0.25) is 14.9 Å². The molecule has 0 aliphatic carbocycles. The van der Waals surface area contributed by atoms with Gasteiger partial charge in [0.1, 0.15) is 5.75 Å². The lowest BCUT2D eigenvalue weighted by Crippen LogP contribution is -2.29. The Hall–Kier alpha value is -3.02. The molecule has 11 heteroatoms. The number of nitro benzene ring substituents is 1. The molecule has 0 saturated carbocycles. The molecular formula is C17H20N4O6S. The summed E-state index contributed by atoms with van der Waals surface area (Å²) in [6.45, 7) is 0.454. The molecular weight excluding hydrogens is 388 g/mol. The lowest BCUT2D eigenvalue weighted by atomic mass is 10.1. The van der Waals surface area contributed by atoms with Gasteiger partial charge in [0.2, 0.25) is 15.9 Å². The minimum Gasteiger partial charge on any atom is -0.495 e. The number of ether oxygens (including phenoxy) is 1. The first-order chi connectivity index (χ1) is 13.2. The highest BCUT2D eigenvalue weighted by Crippen LogP contribution is 2.28. The molecule has 0 heterocycles. The van der Waals surface area contributed by atoms with Crippen LogP contribution < -0.4 is 20.5 Å². The maximum absolute atomic E-state index is 12.0. The van der Waals surface area contributed by atoms with Crippen molar-refractivity contribution in [1.29, 1.82) is 0 Å². The number of carbonyl (C=O) groups excluding carboxylic acids is 1. The number of primary sulfonamides is 1. The van der Waals surface area contributed by atoms with Crippen LogP contribution in [0.1, 0.15) is 5.56 Å². The van der Waals surface area contributed by atoms with Gasteiger partial charge in [0.15, 0.2) is 0 Å². The number of nitrogens with two attached hydrogens (primary N) is 1. The number of hydrogen-bond acceptors (Lipinski definition) is 7. The minimum atomic E-state index is -3.72. The number of nitrogens with one attached hydrogen (secondary N) is 2. The SMILES string of the molecule is COc1ccc([N+](=O)[O-])cc1NC(=O)CNCCc1ccc(S(N)(=O)=O)cc1. The van der Waals surface area contributed by atoms with E-state index in [0.29, 0.717) is 18.7 Å². The van der Waals surface area contributed by atoms with E-state index in [1.54, 1.807) is 12.1 Å². The van der Waals surface area contributed by atoms with Crippen molar-refractivity contribution in [2.75, 3.05) is 25.5 Å². The van der Waals surface area contributed by atoms with Gasteiger partial charge in [-0.15, -0.1) is 0 Å². The molecule has 2 aromatic carbocycles. The Bertz CT molecular complexity index is 960. The van der Waals surface area contributed by atoms with Gasteiger partial charge in [0.05, 0.1) is 29.2 Å². The number of benzene rings is 2. The van der Waals surface area contributed by atoms with E-state index in [1.165, 1.54) is 37.4 Å². The predicted octanol–water partition coefficient (Wildman–Crippen LogP) is 1.02. The number of non-ortho nitro benzene ring substituents is 1. The Labute approximate surface area is 161 Å². The van der Waals surface area contributed by atoms with Crippen LogP contribution in [0.25, 0.3) is 0 Å². The van der Waals surface area contributed by atoms with Gasteiger partial charge < -0.3 is 15.4 Å². The van der Waals surface area contributed by atoms with Crippen molar-refractivity contribution in [3.8, 4) is 5.75 Å². The van der Waals surface area contributed by atoms with Crippen LogP contribution in [-0.4, -0.2) is 39.4 Å². The Kier molecular flexibility index (Phi) is 7.04. The number of methoxy groups -OCH3 is 1. The lowest BCUT2D eigenvalue weighted by molar-refractivity contribution is -0.384. The van der Waals surface area contributed by atoms with Crippen molar-refractivity contribution in [2.45, 2.75) is 11.3 Å². The molecule has 0 spiro atoms. The standard InChI is InChI=1S/C17H20N4O6S/c1-27-16-7-4-13(21(23)24)10-15(16)20-17(22)11-19-9-8-12-2-5-14(6-3-12)28(18,25)26/h2-7,10,19H,8-9,11H2,1H3,(H,20,22)(H2,18,25,26). The molecule has 28 heavy (non-hydrogen) atoms. The molecule has 1 amide bonds. The van der Waals surface area contributed by atoms with E-state index in [-0.39, 0.29) is 28.7 Å². The number of sulfonamides is 1. The van der Waals surface area contributed by atoms with Gasteiger partial charge in [-0.25, -0.2) is 13.6 Å². The molecule has 0 aromatic heterocycles. The normalized spacial score (nSPS) is 11.1. The number of hydrogen-bond donors (Lipinski definition) is 3. The number of nitrogens with zero attached hydrogens (tertiary/aromatic N) is 1. The maximum Gasteiger partial charge on any atom is 0.271 e. The highest BCUT2D eigenvalue weighted by molar-refractivity contribution is 7.89. The van der Waals surface area contributed by atoms with Crippen LogP contribution in [-0.2, 0) is 21.2 Å². The van der Waals surface area contributed by atoms with Crippen molar-refractivity contribution in [3.05, 3.63) is 58.1 Å². The lowest BCUT2D eigenvalue weighted by Gasteiger charge is -2.10. The average molecular weight is 408 g/mol. The molecule has 0 radical (unpaired) electrons. The summed E-state index contributed by atoms with van der Waals surface area (Å²) >= 11 is 0. The highest BCUT2D eigenvalue weighted by Gasteiger charge is 2.13. The predicted molar refractivity (Wildman–Crippen MR) is 103 cm³/mol. The molecule has 0 aliphatic heterocycles. The van der Waals surface area contributed by atoms with E-state index in [9.17, 15) is 23.3 Å². The van der Waals surface area contributed by atoms with Gasteiger partial charge in [-0.2, -0.15) is 0 Å². The molecule has 0 unspecified atom stereocenters. The minimum absolute atomic E-state index is 0.0128. The smallest absolute Gasteiger partial charge is 0.271 e. The first-order valence-corrected chi connectivity index (χ1v) is 9.70. The zero-order valence-corrected chi connectivity index (χ0v) is 15.9. The fourth-order valence-electron chi connectivity index (χ4n) is 2.38. The first-order valence-electron chi connectivity index (χ1n) is 8.15. The van der Waals surface area contributed by atoms with Gasteiger partial charge in [-0.1, -0.05) is 12.1 Å². The Morgan fingerprint density at radius 1 is 1.21 bits per heavy atom. The largest absolute Gasteiger partial charge is 0.495 e. The van der Waals surface area contributed by atoms with Crippen molar-refractivity contribution < 1.29 is 22.9 Å². The summed E-state index contributed by atoms with van der Waals surface area (Å²) in [4.78, 5) is 22.4. The van der Waals surface area contributed by atoms with Crippen molar-refractivity contribution in [3.63, 3.8) is 0 Å². The fraction of sp³-hybridized carbons (Fsp3) is 0.235. The molecule has 0 fully saturated rings. The van der Waals surface area contributed by atoms with Crippen LogP contribution in [0.4, 0.5) is 11.4 Å². The Morgan fingerprint density at radius 2 is 1.89 bits per heavy atom. The second-order valence-electron chi connectivity index (χ2n) is 5.81. The fourth-order valence-corrected chi connectivity index (χ4v) is 2.90. The Balaban J connectivity index is 1.85. The molecule has 10 nitrogen and oxygen atoms in total. The topological polar surface area (TPSA) is 154 Å². The Morgan fingerprint density at radius 3 is 2.46 bits per heavy atom. The van der Waals surface area contributed by atoms with Crippen molar-refractivity contribution in [2.24, 2.45) is 5.14 Å². The van der Waals surface area contributed by atoms with Gasteiger partial charge in [0, 0.05) is 12.1 Å². The molecule has 4 N–H and O–H groups in total. The maximum atomic E-state index is 12.0. The number of anilines is 1. The summed E-state index contributed by atoms with van der Waals surface area (Å²) < 4.78 is 27.5. The van der Waals surface area contributed by atoms with Crippen LogP contribution in [0.2, 0.25) is 0 Å². The molecule has 150 valence electrons. The summed E-state index contributed by atoms with van der Waals surface area (Å²) in [5.41, 5.74) is 0.926. The van der Waals surface area contributed by atoms with Gasteiger partial charge >= 0.3 is 0 Å². The summed E-state index contributed by atoms with van der Waals surface area (Å²) in [7, 11) is -2.32. The zero-order chi connectivity index (χ0) is 20.7. The average Bonchev–Trinajstić information content (AvgIpc) is 2.64. The molecule has 0 aliphatic rings. The van der Waals surface area contributed by atoms with Crippen LogP contribution in [0.5, 0.6) is 5.75 Å². The third-order valence-electron chi connectivity index (χ3n) is 3.80. The van der Waals surface area contributed by atoms with E-state index in [4.69, 9.17) is 9.88 Å². The first kappa shape index (κ1) is 21.3. The molecule has 0 atom stereocenters. The third kappa shape index (κ3) is 6.01. The highest BCUT2D eigenvalue weighted by atomic mass is 32.2. The molecule has 2 rings (SSSR count). The number of rotatable bonds is 9. The number of amides is 1. The number of nitro groups is 1. The van der Waals surface area contributed by atoms with Crippen LogP contribution in [0.3, 0.4) is 0 Å². The van der Waals surface area contributed by atoms with Gasteiger partial charge in [-0.05, 0) is 36.7 Å². The van der Waals surface area contributed by atoms with E-state index >= 15 is 0 Å². The monoisotopic (exact) mass is 408 g/mol. The van der Waals surface area contributed by atoms with Crippen molar-refractivity contribution in [1.82, 2.24) is 5.32 Å². The number of carbonyl (C=O) groups is 1. The molecule has 0 saturated heterocycles. The van der Waals surface area contributed by atoms with Gasteiger partial charge in [0.25, 0.3) is 5.69 Å². The van der Waals surface area contributed by atoms with E-state index < -0.39 is 14.9 Å². The molecule has 2 aromatic rings. The summed E-state index contributed by atoms with van der Waals surface area (Å²) in [6.07, 6.45) is 0.568. The van der Waals surface area contributed by atoms with Crippen LogP contribution in [0.15, 0.2) is 47.4 Å². The van der Waals surface area contributed by atoms with Crippen molar-refractivity contribution >= 4 is 27.3 Å². The molecule has 0 bridgehead atoms. The van der Waals surface area contributed by atoms with Crippen LogP contribution in [0, 0.1) is 10.1 Å². The zero-order valence-electron chi connectivity index (χ0n) is 15.0. The quantitative estimate of drug-likeness (QED) is 0.318. The second-order valence-corrected chi connectivity index (χ2v) is 7.37. The third-order valence-corrected chi connectivity index (χ3v) is 4.73. The summed E-state index contributed by atoms with van der Waals surface area (Å²) in [5.74, 6) is -0.0720. The van der Waals surface area contributed by atoms with Crippen LogP contribution >= 0.6 is 0 Å². The van der Waals surface area contributed by atoms with E-state index in [0.717, 1.165) is 5.56 Å². The van der Waals surface area contributed by atoms with E-state index in [1.807, 2.05) is 0 Å². The summed E-state index contributed by atoms with van der Waals surface area (Å²) in [6, 6.07) is 10.1. The van der Waals surface area contributed by atoms with E-state index in [2.05, 4.69) is 10.6 Å².